The van der Waals surface area contributed by atoms with Crippen LogP contribution in [0.5, 0.6) is 11.5 Å². The van der Waals surface area contributed by atoms with Crippen molar-refractivity contribution in [3.05, 3.63) is 59.5 Å². The highest BCUT2D eigenvalue weighted by atomic mass is 19.1. The van der Waals surface area contributed by atoms with Gasteiger partial charge in [-0.1, -0.05) is 0 Å². The molecule has 0 spiro atoms. The van der Waals surface area contributed by atoms with Crippen LogP contribution in [0.15, 0.2) is 47.6 Å². The number of methoxy groups -OCH3 is 2. The number of nitrogens with one attached hydrogen (secondary N) is 2. The Morgan fingerprint density at radius 3 is 2.69 bits per heavy atom. The fourth-order valence-electron chi connectivity index (χ4n) is 3.36. The third-order valence-corrected chi connectivity index (χ3v) is 4.88. The quantitative estimate of drug-likeness (QED) is 0.472. The number of hydrogen-bond donors (Lipinski definition) is 2. The Balaban J connectivity index is 1.62. The Morgan fingerprint density at radius 1 is 1.14 bits per heavy atom. The summed E-state index contributed by atoms with van der Waals surface area (Å²) in [5.74, 6) is 2.07. The van der Waals surface area contributed by atoms with E-state index >= 15 is 0 Å². The lowest BCUT2D eigenvalue weighted by Gasteiger charge is -2.23. The highest BCUT2D eigenvalue weighted by molar-refractivity contribution is 5.83. The summed E-state index contributed by atoms with van der Waals surface area (Å²) in [6, 6.07) is 10.6. The number of fused-ring (bicyclic) bond motifs is 1. The lowest BCUT2D eigenvalue weighted by Crippen LogP contribution is -2.39. The maximum atomic E-state index is 13.5. The van der Waals surface area contributed by atoms with Gasteiger partial charge in [-0.25, -0.2) is 4.39 Å². The lowest BCUT2D eigenvalue weighted by molar-refractivity contribution is 0.382. The van der Waals surface area contributed by atoms with E-state index in [4.69, 9.17) is 9.47 Å². The minimum atomic E-state index is -0.227. The zero-order chi connectivity index (χ0) is 20.8. The lowest BCUT2D eigenvalue weighted by atomic mass is 10.1. The highest BCUT2D eigenvalue weighted by Crippen LogP contribution is 2.25. The molecule has 0 unspecified atom stereocenters. The van der Waals surface area contributed by atoms with Crippen LogP contribution in [-0.2, 0) is 13.0 Å². The van der Waals surface area contributed by atoms with E-state index in [1.165, 1.54) is 6.07 Å². The smallest absolute Gasteiger partial charge is 0.193 e. The van der Waals surface area contributed by atoms with Gasteiger partial charge in [0, 0.05) is 55.9 Å². The summed E-state index contributed by atoms with van der Waals surface area (Å²) in [6.45, 7) is 1.31. The zero-order valence-corrected chi connectivity index (χ0v) is 17.3. The Kier molecular flexibility index (Phi) is 6.59. The second-order valence-electron chi connectivity index (χ2n) is 6.76. The Morgan fingerprint density at radius 2 is 1.97 bits per heavy atom. The predicted octanol–water partition coefficient (Wildman–Crippen LogP) is 3.57. The molecule has 0 saturated carbocycles. The molecule has 1 aromatic heterocycles. The molecule has 0 aliphatic heterocycles. The molecular weight excluding hydrogens is 371 g/mol. The monoisotopic (exact) mass is 398 g/mol. The van der Waals surface area contributed by atoms with Gasteiger partial charge in [-0.05, 0) is 42.3 Å². The Labute approximate surface area is 170 Å². The Bertz CT molecular complexity index is 1000. The van der Waals surface area contributed by atoms with Crippen LogP contribution in [-0.4, -0.2) is 50.7 Å². The molecule has 3 rings (SSSR count). The summed E-state index contributed by atoms with van der Waals surface area (Å²) in [7, 11) is 7.01. The molecule has 0 atom stereocenters. The molecule has 0 fully saturated rings. The van der Waals surface area contributed by atoms with E-state index in [1.54, 1.807) is 33.4 Å². The van der Waals surface area contributed by atoms with Crippen LogP contribution in [0.3, 0.4) is 0 Å². The minimum Gasteiger partial charge on any atom is -0.497 e. The van der Waals surface area contributed by atoms with Crippen molar-refractivity contribution in [3.8, 4) is 11.5 Å². The first kappa shape index (κ1) is 20.5. The molecular formula is C22H27FN4O2. The van der Waals surface area contributed by atoms with Crippen molar-refractivity contribution in [1.29, 1.82) is 0 Å². The van der Waals surface area contributed by atoms with Crippen LogP contribution in [0.1, 0.15) is 11.1 Å². The molecule has 0 aliphatic rings. The van der Waals surface area contributed by atoms with Crippen LogP contribution < -0.4 is 14.8 Å². The van der Waals surface area contributed by atoms with E-state index in [0.29, 0.717) is 13.1 Å². The number of nitrogens with zero attached hydrogens (tertiary/aromatic N) is 2. The number of hydrogen-bond acceptors (Lipinski definition) is 3. The summed E-state index contributed by atoms with van der Waals surface area (Å²) in [6.07, 6.45) is 2.68. The summed E-state index contributed by atoms with van der Waals surface area (Å²) in [4.78, 5) is 9.58. The fourth-order valence-corrected chi connectivity index (χ4v) is 3.36. The number of rotatable bonds is 7. The molecule has 2 aromatic carbocycles. The van der Waals surface area contributed by atoms with Crippen LogP contribution in [0.25, 0.3) is 10.9 Å². The van der Waals surface area contributed by atoms with Crippen molar-refractivity contribution in [3.63, 3.8) is 0 Å². The van der Waals surface area contributed by atoms with Gasteiger partial charge in [0.15, 0.2) is 5.96 Å². The summed E-state index contributed by atoms with van der Waals surface area (Å²) in [5, 5.41) is 4.28. The van der Waals surface area contributed by atoms with E-state index in [-0.39, 0.29) is 5.82 Å². The Hall–Kier alpha value is -3.22. The van der Waals surface area contributed by atoms with Gasteiger partial charge >= 0.3 is 0 Å². The van der Waals surface area contributed by atoms with Crippen molar-refractivity contribution >= 4 is 16.9 Å². The topological polar surface area (TPSA) is 61.9 Å². The standard InChI is InChI=1S/C22H27FN4O2/c1-24-22(27(2)14-16-5-7-18(28-3)12-21(16)29-4)25-10-9-15-13-26-20-8-6-17(23)11-19(15)20/h5-8,11-13,26H,9-10,14H2,1-4H3,(H,24,25). The van der Waals surface area contributed by atoms with Gasteiger partial charge in [0.25, 0.3) is 0 Å². The minimum absolute atomic E-state index is 0.227. The predicted molar refractivity (Wildman–Crippen MR) is 114 cm³/mol. The second kappa shape index (κ2) is 9.32. The van der Waals surface area contributed by atoms with E-state index in [9.17, 15) is 4.39 Å². The number of ether oxygens (including phenoxy) is 2. The van der Waals surface area contributed by atoms with Crippen molar-refractivity contribution in [2.45, 2.75) is 13.0 Å². The largest absolute Gasteiger partial charge is 0.497 e. The first-order chi connectivity index (χ1) is 14.0. The van der Waals surface area contributed by atoms with Gasteiger partial charge in [-0.2, -0.15) is 0 Å². The van der Waals surface area contributed by atoms with Crippen molar-refractivity contribution in [2.75, 3.05) is 34.9 Å². The van der Waals surface area contributed by atoms with E-state index in [1.807, 2.05) is 36.3 Å². The van der Waals surface area contributed by atoms with E-state index in [2.05, 4.69) is 15.3 Å². The highest BCUT2D eigenvalue weighted by Gasteiger charge is 2.12. The molecule has 0 radical (unpaired) electrons. The molecule has 0 saturated heterocycles. The molecule has 2 N–H and O–H groups in total. The van der Waals surface area contributed by atoms with Gasteiger partial charge in [0.1, 0.15) is 17.3 Å². The molecule has 29 heavy (non-hydrogen) atoms. The van der Waals surface area contributed by atoms with Gasteiger partial charge in [0.05, 0.1) is 14.2 Å². The molecule has 154 valence electrons. The maximum absolute atomic E-state index is 13.5. The number of halogens is 1. The van der Waals surface area contributed by atoms with Crippen molar-refractivity contribution in [2.24, 2.45) is 4.99 Å². The maximum Gasteiger partial charge on any atom is 0.193 e. The molecule has 0 amide bonds. The van der Waals surface area contributed by atoms with Crippen LogP contribution >= 0.6 is 0 Å². The molecule has 3 aromatic rings. The van der Waals surface area contributed by atoms with E-state index in [0.717, 1.165) is 45.9 Å². The third-order valence-electron chi connectivity index (χ3n) is 4.88. The number of aromatic nitrogens is 1. The molecule has 6 nitrogen and oxygen atoms in total. The number of aromatic amines is 1. The summed E-state index contributed by atoms with van der Waals surface area (Å²) in [5.41, 5.74) is 3.04. The number of H-pyrrole nitrogens is 1. The fraction of sp³-hybridized carbons (Fsp3) is 0.318. The summed E-state index contributed by atoms with van der Waals surface area (Å²) < 4.78 is 24.3. The number of aliphatic imine (C=N–C) groups is 1. The van der Waals surface area contributed by atoms with Crippen molar-refractivity contribution < 1.29 is 13.9 Å². The first-order valence-electron chi connectivity index (χ1n) is 9.44. The number of guanidine groups is 1. The van der Waals surface area contributed by atoms with Crippen LogP contribution in [0.2, 0.25) is 0 Å². The van der Waals surface area contributed by atoms with Crippen molar-refractivity contribution in [1.82, 2.24) is 15.2 Å². The molecule has 0 bridgehead atoms. The second-order valence-corrected chi connectivity index (χ2v) is 6.76. The van der Waals surface area contributed by atoms with Gasteiger partial charge in [-0.3, -0.25) is 4.99 Å². The van der Waals surface area contributed by atoms with Gasteiger partial charge in [-0.15, -0.1) is 0 Å². The zero-order valence-electron chi connectivity index (χ0n) is 17.3. The van der Waals surface area contributed by atoms with Crippen LogP contribution in [0, 0.1) is 5.82 Å². The first-order valence-corrected chi connectivity index (χ1v) is 9.44. The normalized spacial score (nSPS) is 11.6. The molecule has 1 heterocycles. The average molecular weight is 398 g/mol. The van der Waals surface area contributed by atoms with Gasteiger partial charge in [0.2, 0.25) is 0 Å². The van der Waals surface area contributed by atoms with E-state index < -0.39 is 0 Å². The van der Waals surface area contributed by atoms with Gasteiger partial charge < -0.3 is 24.7 Å². The SMILES string of the molecule is CN=C(NCCc1c[nH]c2ccc(F)cc12)N(C)Cc1ccc(OC)cc1OC. The molecule has 0 aliphatic carbocycles. The van der Waals surface area contributed by atoms with Crippen LogP contribution in [0.4, 0.5) is 4.39 Å². The molecule has 7 heteroatoms. The number of benzene rings is 2. The summed E-state index contributed by atoms with van der Waals surface area (Å²) >= 11 is 0. The third kappa shape index (κ3) is 4.80. The average Bonchev–Trinajstić information content (AvgIpc) is 3.13.